The number of benzene rings is 2. The molecule has 1 aliphatic rings. The first-order valence-electron chi connectivity index (χ1n) is 11.7. The highest BCUT2D eigenvalue weighted by molar-refractivity contribution is 7.99. The van der Waals surface area contributed by atoms with Gasteiger partial charge in [-0.3, -0.25) is 9.59 Å². The number of hydrogen-bond acceptors (Lipinski definition) is 9. The summed E-state index contributed by atoms with van der Waals surface area (Å²) < 4.78 is 1.08. The van der Waals surface area contributed by atoms with Crippen LogP contribution in [0.25, 0.3) is 10.2 Å². The fourth-order valence-electron chi connectivity index (χ4n) is 3.86. The number of carbonyl (C=O) groups is 2. The lowest BCUT2D eigenvalue weighted by molar-refractivity contribution is -0.129. The van der Waals surface area contributed by atoms with Crippen molar-refractivity contribution >= 4 is 56.5 Å². The molecular weight excluding hydrogens is 494 g/mol. The van der Waals surface area contributed by atoms with Crippen molar-refractivity contribution in [3.8, 4) is 0 Å². The molecule has 2 aromatic carbocycles. The van der Waals surface area contributed by atoms with Crippen molar-refractivity contribution < 1.29 is 14.7 Å². The minimum absolute atomic E-state index is 0.0446. The number of aromatic nitrogens is 1. The second kappa shape index (κ2) is 12.2. The van der Waals surface area contributed by atoms with Crippen molar-refractivity contribution in [2.45, 2.75) is 38.3 Å². The molecule has 3 aromatic rings. The van der Waals surface area contributed by atoms with Crippen LogP contribution in [0.5, 0.6) is 0 Å². The Hall–Kier alpha value is -3.21. The van der Waals surface area contributed by atoms with Crippen LogP contribution in [0.1, 0.15) is 23.9 Å². The van der Waals surface area contributed by atoms with Gasteiger partial charge in [0.1, 0.15) is 6.04 Å². The van der Waals surface area contributed by atoms with Gasteiger partial charge in [-0.15, -0.1) is 23.1 Å². The van der Waals surface area contributed by atoms with Crippen molar-refractivity contribution in [2.75, 3.05) is 17.6 Å². The zero-order chi connectivity index (χ0) is 25.5. The number of Topliss-reactive ketones (excluding diaryl/α,β-unsaturated/α-hetero) is 1. The van der Waals surface area contributed by atoms with E-state index in [1.807, 2.05) is 62.4 Å². The lowest BCUT2D eigenvalue weighted by Gasteiger charge is -2.35. The monoisotopic (exact) mass is 523 g/mol. The van der Waals surface area contributed by atoms with Gasteiger partial charge in [-0.2, -0.15) is 0 Å². The standard InChI is InChI=1S/C26H29N5O3S2/c1-3-22(25(33)28-14-20(32)16-35-15-18-7-5-4-6-8-18)31-12-11-27-24(26(31)34)30-19-9-10-23-21(13-19)29-17(2)36-23/h4-13,22,26,34H,3,14-16H2,1-2H3,(H,27,30)(H,28,33). The maximum absolute atomic E-state index is 12.9. The molecule has 4 rings (SSSR count). The average Bonchev–Trinajstić information content (AvgIpc) is 3.25. The predicted molar refractivity (Wildman–Crippen MR) is 147 cm³/mol. The van der Waals surface area contributed by atoms with Gasteiger partial charge in [0.2, 0.25) is 5.91 Å². The van der Waals surface area contributed by atoms with E-state index in [0.717, 1.165) is 32.2 Å². The molecule has 0 fully saturated rings. The molecule has 0 saturated heterocycles. The van der Waals surface area contributed by atoms with E-state index in [0.29, 0.717) is 18.0 Å². The molecule has 8 nitrogen and oxygen atoms in total. The second-order valence-electron chi connectivity index (χ2n) is 8.33. The number of carbonyl (C=O) groups excluding carboxylic acids is 2. The second-order valence-corrected chi connectivity index (χ2v) is 10.6. The van der Waals surface area contributed by atoms with Crippen LogP contribution in [0.3, 0.4) is 0 Å². The molecule has 0 aliphatic carbocycles. The Labute approximate surface area is 218 Å². The van der Waals surface area contributed by atoms with E-state index >= 15 is 0 Å². The summed E-state index contributed by atoms with van der Waals surface area (Å²) in [6.07, 6.45) is 2.44. The molecule has 36 heavy (non-hydrogen) atoms. The average molecular weight is 524 g/mol. The van der Waals surface area contributed by atoms with Crippen molar-refractivity contribution in [1.82, 2.24) is 15.2 Å². The zero-order valence-electron chi connectivity index (χ0n) is 20.2. The Balaban J connectivity index is 1.30. The number of anilines is 1. The number of thiazole rings is 1. The Bertz CT molecular complexity index is 1280. The number of thioether (sulfide) groups is 1. The number of fused-ring (bicyclic) bond motifs is 1. The normalized spacial score (nSPS) is 16.0. The van der Waals surface area contributed by atoms with Crippen LogP contribution in [0.15, 0.2) is 65.9 Å². The summed E-state index contributed by atoms with van der Waals surface area (Å²) in [5, 5.41) is 17.8. The Morgan fingerprint density at radius 1 is 1.22 bits per heavy atom. The van der Waals surface area contributed by atoms with E-state index in [4.69, 9.17) is 0 Å². The summed E-state index contributed by atoms with van der Waals surface area (Å²) in [5.74, 6) is 1.01. The van der Waals surface area contributed by atoms with Crippen LogP contribution >= 0.6 is 23.1 Å². The van der Waals surface area contributed by atoms with Gasteiger partial charge in [-0.1, -0.05) is 37.3 Å². The molecule has 10 heteroatoms. The largest absolute Gasteiger partial charge is 0.367 e. The summed E-state index contributed by atoms with van der Waals surface area (Å²) in [5.41, 5.74) is 2.78. The van der Waals surface area contributed by atoms with Crippen LogP contribution in [0.4, 0.5) is 5.69 Å². The molecule has 0 spiro atoms. The first-order chi connectivity index (χ1) is 17.4. The van der Waals surface area contributed by atoms with Gasteiger partial charge < -0.3 is 20.6 Å². The van der Waals surface area contributed by atoms with Crippen molar-refractivity contribution in [2.24, 2.45) is 4.99 Å². The van der Waals surface area contributed by atoms with Gasteiger partial charge in [0, 0.05) is 23.8 Å². The third kappa shape index (κ3) is 6.51. The van der Waals surface area contributed by atoms with Crippen LogP contribution in [0, 0.1) is 6.92 Å². The van der Waals surface area contributed by atoms with E-state index in [9.17, 15) is 14.7 Å². The van der Waals surface area contributed by atoms with Gasteiger partial charge in [-0.05, 0) is 37.1 Å². The third-order valence-corrected chi connectivity index (χ3v) is 7.65. The number of aliphatic imine (C=N–C) groups is 1. The molecule has 2 heterocycles. The summed E-state index contributed by atoms with van der Waals surface area (Å²) in [7, 11) is 0. The topological polar surface area (TPSA) is 107 Å². The predicted octanol–water partition coefficient (Wildman–Crippen LogP) is 3.92. The quantitative estimate of drug-likeness (QED) is 0.370. The Kier molecular flexibility index (Phi) is 8.74. The highest BCUT2D eigenvalue weighted by Gasteiger charge is 2.31. The van der Waals surface area contributed by atoms with Crippen LogP contribution < -0.4 is 10.6 Å². The van der Waals surface area contributed by atoms with Crippen LogP contribution in [0.2, 0.25) is 0 Å². The summed E-state index contributed by atoms with van der Waals surface area (Å²) >= 11 is 3.14. The Morgan fingerprint density at radius 2 is 2.03 bits per heavy atom. The minimum Gasteiger partial charge on any atom is -0.367 e. The lowest BCUT2D eigenvalue weighted by atomic mass is 10.1. The van der Waals surface area contributed by atoms with Crippen molar-refractivity contribution in [3.63, 3.8) is 0 Å². The van der Waals surface area contributed by atoms with Gasteiger partial charge in [-0.25, -0.2) is 9.98 Å². The highest BCUT2D eigenvalue weighted by Crippen LogP contribution is 2.25. The number of hydrogen-bond donors (Lipinski definition) is 3. The number of nitrogens with zero attached hydrogens (tertiary/aromatic N) is 3. The first kappa shape index (κ1) is 25.9. The van der Waals surface area contributed by atoms with E-state index < -0.39 is 12.3 Å². The van der Waals surface area contributed by atoms with Gasteiger partial charge in [0.05, 0.1) is 27.5 Å². The molecule has 3 N–H and O–H groups in total. The molecule has 0 radical (unpaired) electrons. The first-order valence-corrected chi connectivity index (χ1v) is 13.7. The number of aliphatic hydroxyl groups is 1. The minimum atomic E-state index is -1.14. The number of amidine groups is 1. The van der Waals surface area contributed by atoms with E-state index in [1.165, 1.54) is 11.8 Å². The molecule has 0 bridgehead atoms. The molecular formula is C26H29N5O3S2. The molecule has 2 atom stereocenters. The SMILES string of the molecule is CCC(C(=O)NCC(=O)CSCc1ccccc1)N1C=CN=C(Nc2ccc3sc(C)nc3c2)C1O. The maximum atomic E-state index is 12.9. The molecule has 2 unspecified atom stereocenters. The van der Waals surface area contributed by atoms with Crippen LogP contribution in [-0.4, -0.2) is 57.1 Å². The highest BCUT2D eigenvalue weighted by atomic mass is 32.2. The molecule has 1 aromatic heterocycles. The third-order valence-electron chi connectivity index (χ3n) is 5.63. The summed E-state index contributed by atoms with van der Waals surface area (Å²) in [4.78, 5) is 35.5. The number of ketones is 1. The zero-order valence-corrected chi connectivity index (χ0v) is 21.8. The van der Waals surface area contributed by atoms with E-state index in [2.05, 4.69) is 20.6 Å². The molecule has 0 saturated carbocycles. The van der Waals surface area contributed by atoms with Crippen molar-refractivity contribution in [3.05, 3.63) is 71.5 Å². The number of aryl methyl sites for hydroxylation is 1. The number of rotatable bonds is 10. The Morgan fingerprint density at radius 3 is 2.81 bits per heavy atom. The molecule has 188 valence electrons. The fraction of sp³-hybridized carbons (Fsp3) is 0.308. The van der Waals surface area contributed by atoms with Crippen LogP contribution in [-0.2, 0) is 15.3 Å². The molecule has 1 amide bonds. The smallest absolute Gasteiger partial charge is 0.243 e. The van der Waals surface area contributed by atoms with Gasteiger partial charge >= 0.3 is 0 Å². The van der Waals surface area contributed by atoms with E-state index in [-0.39, 0.29) is 18.2 Å². The summed E-state index contributed by atoms with van der Waals surface area (Å²) in [6, 6.07) is 15.1. The van der Waals surface area contributed by atoms with E-state index in [1.54, 1.807) is 28.6 Å². The van der Waals surface area contributed by atoms with Gasteiger partial charge in [0.25, 0.3) is 0 Å². The fourth-order valence-corrected chi connectivity index (χ4v) is 5.53. The van der Waals surface area contributed by atoms with Crippen molar-refractivity contribution in [1.29, 1.82) is 0 Å². The number of amides is 1. The molecule has 1 aliphatic heterocycles. The maximum Gasteiger partial charge on any atom is 0.243 e. The number of nitrogens with one attached hydrogen (secondary N) is 2. The lowest BCUT2D eigenvalue weighted by Crippen LogP contribution is -2.53. The van der Waals surface area contributed by atoms with Gasteiger partial charge in [0.15, 0.2) is 17.8 Å². The summed E-state index contributed by atoms with van der Waals surface area (Å²) in [6.45, 7) is 3.78. The number of aliphatic hydroxyl groups excluding tert-OH is 1.